The predicted octanol–water partition coefficient (Wildman–Crippen LogP) is 1.31. The van der Waals surface area contributed by atoms with E-state index in [1.807, 2.05) is 13.8 Å². The van der Waals surface area contributed by atoms with Gasteiger partial charge in [0.15, 0.2) is 5.16 Å². The van der Waals surface area contributed by atoms with Gasteiger partial charge in [0, 0.05) is 12.3 Å². The lowest BCUT2D eigenvalue weighted by Gasteiger charge is -2.09. The van der Waals surface area contributed by atoms with E-state index in [1.165, 1.54) is 0 Å². The number of aromatic nitrogens is 2. The first-order chi connectivity index (χ1) is 7.27. The summed E-state index contributed by atoms with van der Waals surface area (Å²) < 4.78 is 7.14. The molecule has 0 N–H and O–H groups in total. The molecule has 2 heterocycles. The monoisotopic (exact) mass is 226 g/mol. The van der Waals surface area contributed by atoms with Gasteiger partial charge in [0.05, 0.1) is 12.2 Å². The number of hydrogen-bond acceptors (Lipinski definition) is 4. The predicted molar refractivity (Wildman–Crippen MR) is 59.8 cm³/mol. The van der Waals surface area contributed by atoms with E-state index in [9.17, 15) is 4.79 Å². The van der Waals surface area contributed by atoms with E-state index in [4.69, 9.17) is 4.74 Å². The molecule has 0 bridgehead atoms. The van der Waals surface area contributed by atoms with Gasteiger partial charge in [0.1, 0.15) is 0 Å². The van der Waals surface area contributed by atoms with E-state index in [0.29, 0.717) is 24.5 Å². The third-order valence-electron chi connectivity index (χ3n) is 2.37. The minimum absolute atomic E-state index is 0.0657. The second kappa shape index (κ2) is 4.26. The molecule has 0 radical (unpaired) electrons. The zero-order valence-corrected chi connectivity index (χ0v) is 9.76. The van der Waals surface area contributed by atoms with Gasteiger partial charge in [0.25, 0.3) is 5.56 Å². The van der Waals surface area contributed by atoms with Crippen LogP contribution >= 0.6 is 11.8 Å². The number of hydrogen-bond donors (Lipinski definition) is 0. The fourth-order valence-electron chi connectivity index (χ4n) is 1.65. The Balaban J connectivity index is 2.56. The summed E-state index contributed by atoms with van der Waals surface area (Å²) in [5, 5.41) is 0.792. The van der Waals surface area contributed by atoms with Crippen molar-refractivity contribution in [1.82, 2.24) is 9.55 Å². The van der Waals surface area contributed by atoms with E-state index in [0.717, 1.165) is 17.5 Å². The molecular weight excluding hydrogens is 212 g/mol. The molecule has 5 heteroatoms. The Hall–Kier alpha value is -0.970. The van der Waals surface area contributed by atoms with Crippen molar-refractivity contribution < 1.29 is 4.74 Å². The van der Waals surface area contributed by atoms with Gasteiger partial charge in [-0.3, -0.25) is 9.36 Å². The van der Waals surface area contributed by atoms with E-state index in [1.54, 1.807) is 16.3 Å². The van der Waals surface area contributed by atoms with E-state index in [-0.39, 0.29) is 5.56 Å². The Morgan fingerprint density at radius 2 is 2.33 bits per heavy atom. The molecular formula is C10H14N2O2S. The molecule has 0 fully saturated rings. The highest BCUT2D eigenvalue weighted by Gasteiger charge is 2.20. The number of ether oxygens (including phenoxy) is 1. The number of rotatable bonds is 3. The van der Waals surface area contributed by atoms with Gasteiger partial charge in [0.2, 0.25) is 5.88 Å². The molecule has 2 rings (SSSR count). The van der Waals surface area contributed by atoms with Crippen molar-refractivity contribution in [3.8, 4) is 5.88 Å². The van der Waals surface area contributed by atoms with Crippen LogP contribution in [0.25, 0.3) is 0 Å². The molecule has 82 valence electrons. The summed E-state index contributed by atoms with van der Waals surface area (Å²) in [5.74, 6) is 1.45. The fourth-order valence-corrected chi connectivity index (χ4v) is 2.58. The molecule has 4 nitrogen and oxygen atoms in total. The first-order valence-corrected chi connectivity index (χ1v) is 6.15. The molecule has 0 atom stereocenters. The normalized spacial score (nSPS) is 14.0. The zero-order valence-electron chi connectivity index (χ0n) is 8.95. The number of thioether (sulfide) groups is 1. The summed E-state index contributed by atoms with van der Waals surface area (Å²) >= 11 is 1.61. The van der Waals surface area contributed by atoms with Crippen LogP contribution in [0.3, 0.4) is 0 Å². The van der Waals surface area contributed by atoms with Gasteiger partial charge in [-0.25, -0.2) is 0 Å². The second-order valence-corrected chi connectivity index (χ2v) is 4.33. The minimum atomic E-state index is 0.0657. The molecule has 1 aliphatic heterocycles. The topological polar surface area (TPSA) is 44.1 Å². The maximum Gasteiger partial charge on any atom is 0.261 e. The fraction of sp³-hybridized carbons (Fsp3) is 0.600. The molecule has 1 aromatic rings. The minimum Gasteiger partial charge on any atom is -0.478 e. The van der Waals surface area contributed by atoms with Crippen LogP contribution in [0.4, 0.5) is 0 Å². The van der Waals surface area contributed by atoms with Crippen molar-refractivity contribution >= 4 is 11.8 Å². The van der Waals surface area contributed by atoms with E-state index in [2.05, 4.69) is 4.98 Å². The maximum absolute atomic E-state index is 12.0. The largest absolute Gasteiger partial charge is 0.478 e. The Morgan fingerprint density at radius 1 is 1.53 bits per heavy atom. The van der Waals surface area contributed by atoms with Crippen molar-refractivity contribution in [1.29, 1.82) is 0 Å². The van der Waals surface area contributed by atoms with Crippen LogP contribution in [0, 0.1) is 0 Å². The molecule has 0 saturated heterocycles. The summed E-state index contributed by atoms with van der Waals surface area (Å²) in [5.41, 5.74) is 0.763. The highest BCUT2D eigenvalue weighted by atomic mass is 32.2. The molecule has 0 amide bonds. The Kier molecular flexibility index (Phi) is 3.00. The smallest absolute Gasteiger partial charge is 0.261 e. The summed E-state index contributed by atoms with van der Waals surface area (Å²) in [7, 11) is 0. The van der Waals surface area contributed by atoms with Gasteiger partial charge >= 0.3 is 0 Å². The highest BCUT2D eigenvalue weighted by molar-refractivity contribution is 7.99. The molecule has 15 heavy (non-hydrogen) atoms. The SMILES string of the molecule is CCOc1nc2n(c(=O)c1CC)CCS2. The molecule has 1 aliphatic rings. The summed E-state index contributed by atoms with van der Waals surface area (Å²) in [6, 6.07) is 0. The molecule has 1 aromatic heterocycles. The Labute approximate surface area is 92.7 Å². The summed E-state index contributed by atoms with van der Waals surface area (Å²) in [6.07, 6.45) is 0.673. The lowest BCUT2D eigenvalue weighted by molar-refractivity contribution is 0.315. The van der Waals surface area contributed by atoms with Gasteiger partial charge < -0.3 is 4.74 Å². The number of fused-ring (bicyclic) bond motifs is 1. The van der Waals surface area contributed by atoms with Crippen molar-refractivity contribution in [2.75, 3.05) is 12.4 Å². The van der Waals surface area contributed by atoms with Gasteiger partial charge in [-0.05, 0) is 13.3 Å². The van der Waals surface area contributed by atoms with Crippen LogP contribution in [-0.2, 0) is 13.0 Å². The maximum atomic E-state index is 12.0. The van der Waals surface area contributed by atoms with Crippen LogP contribution in [-0.4, -0.2) is 21.9 Å². The van der Waals surface area contributed by atoms with Gasteiger partial charge in [-0.1, -0.05) is 18.7 Å². The molecule has 0 unspecified atom stereocenters. The zero-order chi connectivity index (χ0) is 10.8. The second-order valence-electron chi connectivity index (χ2n) is 3.27. The Morgan fingerprint density at radius 3 is 3.00 bits per heavy atom. The third-order valence-corrected chi connectivity index (χ3v) is 3.33. The van der Waals surface area contributed by atoms with Crippen LogP contribution in [0.5, 0.6) is 5.88 Å². The van der Waals surface area contributed by atoms with Crippen molar-refractivity contribution in [2.24, 2.45) is 0 Å². The van der Waals surface area contributed by atoms with Gasteiger partial charge in [-0.15, -0.1) is 0 Å². The first kappa shape index (κ1) is 10.5. The lowest BCUT2D eigenvalue weighted by atomic mass is 10.2. The number of nitrogens with zero attached hydrogens (tertiary/aromatic N) is 2. The average Bonchev–Trinajstić information content (AvgIpc) is 2.67. The van der Waals surface area contributed by atoms with Crippen LogP contribution in [0.15, 0.2) is 9.95 Å². The van der Waals surface area contributed by atoms with Crippen LogP contribution < -0.4 is 10.3 Å². The lowest BCUT2D eigenvalue weighted by Crippen LogP contribution is -2.25. The van der Waals surface area contributed by atoms with Crippen LogP contribution in [0.2, 0.25) is 0 Å². The average molecular weight is 226 g/mol. The Bertz CT molecular complexity index is 428. The highest BCUT2D eigenvalue weighted by Crippen LogP contribution is 2.25. The molecule has 0 spiro atoms. The van der Waals surface area contributed by atoms with Crippen molar-refractivity contribution in [3.05, 3.63) is 15.9 Å². The molecule has 0 aromatic carbocycles. The quantitative estimate of drug-likeness (QED) is 0.729. The van der Waals surface area contributed by atoms with Crippen molar-refractivity contribution in [3.63, 3.8) is 0 Å². The first-order valence-electron chi connectivity index (χ1n) is 5.17. The van der Waals surface area contributed by atoms with Crippen molar-refractivity contribution in [2.45, 2.75) is 32.0 Å². The van der Waals surface area contributed by atoms with Crippen LogP contribution in [0.1, 0.15) is 19.4 Å². The third kappa shape index (κ3) is 1.76. The van der Waals surface area contributed by atoms with E-state index >= 15 is 0 Å². The summed E-state index contributed by atoms with van der Waals surface area (Å²) in [6.45, 7) is 5.17. The summed E-state index contributed by atoms with van der Waals surface area (Å²) in [4.78, 5) is 16.4. The van der Waals surface area contributed by atoms with E-state index < -0.39 is 0 Å². The molecule has 0 saturated carbocycles. The standard InChI is InChI=1S/C10H14N2O2S/c1-3-7-8(14-4-2)11-10-12(9(7)13)5-6-15-10/h3-6H2,1-2H3. The molecule has 0 aliphatic carbocycles. The van der Waals surface area contributed by atoms with Gasteiger partial charge in [-0.2, -0.15) is 4.98 Å².